The number of ether oxygens (including phenoxy) is 1. The maximum atomic E-state index is 12.2. The van der Waals surface area contributed by atoms with Crippen molar-refractivity contribution >= 4 is 17.5 Å². The summed E-state index contributed by atoms with van der Waals surface area (Å²) in [6.45, 7) is 5.50. The smallest absolute Gasteiger partial charge is 0.271 e. The molecule has 6 heteroatoms. The van der Waals surface area contributed by atoms with Gasteiger partial charge in [-0.25, -0.2) is 5.43 Å². The molecule has 1 aliphatic heterocycles. The van der Waals surface area contributed by atoms with Gasteiger partial charge in [0.2, 0.25) is 0 Å². The Balaban J connectivity index is 1.51. The van der Waals surface area contributed by atoms with E-state index in [1.165, 1.54) is 6.42 Å². The van der Waals surface area contributed by atoms with Gasteiger partial charge in [0, 0.05) is 18.7 Å². The Hall–Kier alpha value is -3.15. The van der Waals surface area contributed by atoms with Crippen LogP contribution in [0.15, 0.2) is 53.6 Å². The average Bonchev–Trinajstić information content (AvgIpc) is 2.77. The summed E-state index contributed by atoms with van der Waals surface area (Å²) in [6, 6.07) is 14.6. The van der Waals surface area contributed by atoms with Crippen molar-refractivity contribution < 1.29 is 14.3 Å². The van der Waals surface area contributed by atoms with Crippen molar-refractivity contribution in [1.29, 1.82) is 0 Å². The molecule has 0 radical (unpaired) electrons. The second-order valence-corrected chi connectivity index (χ2v) is 7.26. The van der Waals surface area contributed by atoms with Crippen molar-refractivity contribution in [2.45, 2.75) is 33.1 Å². The fraction of sp³-hybridized carbons (Fsp3) is 0.348. The van der Waals surface area contributed by atoms with Crippen molar-refractivity contribution in [3.8, 4) is 5.75 Å². The highest BCUT2D eigenvalue weighted by molar-refractivity contribution is 6.00. The monoisotopic (exact) mass is 393 g/mol. The van der Waals surface area contributed by atoms with Gasteiger partial charge in [-0.15, -0.1) is 0 Å². The number of hydrogen-bond acceptors (Lipinski definition) is 4. The Kier molecular flexibility index (Phi) is 7.00. The molecule has 3 rings (SSSR count). The number of rotatable bonds is 6. The van der Waals surface area contributed by atoms with Gasteiger partial charge in [0.15, 0.2) is 6.61 Å². The first kappa shape index (κ1) is 20.6. The summed E-state index contributed by atoms with van der Waals surface area (Å²) in [7, 11) is 0. The zero-order valence-corrected chi connectivity index (χ0v) is 17.0. The molecule has 0 atom stereocenters. The van der Waals surface area contributed by atoms with E-state index < -0.39 is 0 Å². The van der Waals surface area contributed by atoms with E-state index in [2.05, 4.69) is 10.5 Å². The number of piperidine rings is 1. The van der Waals surface area contributed by atoms with Crippen molar-refractivity contribution in [2.75, 3.05) is 19.7 Å². The molecule has 0 saturated carbocycles. The third-order valence-corrected chi connectivity index (χ3v) is 4.98. The average molecular weight is 393 g/mol. The fourth-order valence-corrected chi connectivity index (χ4v) is 3.14. The lowest BCUT2D eigenvalue weighted by Gasteiger charge is -2.26. The van der Waals surface area contributed by atoms with Crippen molar-refractivity contribution in [3.05, 3.63) is 65.2 Å². The highest BCUT2D eigenvalue weighted by atomic mass is 16.5. The van der Waals surface area contributed by atoms with E-state index in [4.69, 9.17) is 4.74 Å². The third-order valence-electron chi connectivity index (χ3n) is 4.98. The summed E-state index contributed by atoms with van der Waals surface area (Å²) in [4.78, 5) is 26.2. The molecule has 1 heterocycles. The second-order valence-electron chi connectivity index (χ2n) is 7.26. The van der Waals surface area contributed by atoms with Crippen molar-refractivity contribution in [1.82, 2.24) is 10.3 Å². The van der Waals surface area contributed by atoms with E-state index in [1.807, 2.05) is 43.0 Å². The predicted molar refractivity (Wildman–Crippen MR) is 113 cm³/mol. The topological polar surface area (TPSA) is 71.0 Å². The molecule has 29 heavy (non-hydrogen) atoms. The molecule has 0 aromatic heterocycles. The van der Waals surface area contributed by atoms with Crippen LogP contribution in [0, 0.1) is 6.92 Å². The number of carbonyl (C=O) groups is 2. The molecule has 6 nitrogen and oxygen atoms in total. The van der Waals surface area contributed by atoms with Gasteiger partial charge in [-0.1, -0.05) is 17.7 Å². The number of amides is 2. The molecule has 1 N–H and O–H groups in total. The molecule has 1 saturated heterocycles. The van der Waals surface area contributed by atoms with Gasteiger partial charge in [-0.05, 0) is 75.1 Å². The lowest BCUT2D eigenvalue weighted by molar-refractivity contribution is -0.134. The van der Waals surface area contributed by atoms with Crippen LogP contribution in [0.25, 0.3) is 0 Å². The first-order valence-corrected chi connectivity index (χ1v) is 9.95. The minimum absolute atomic E-state index is 0.0327. The number of benzene rings is 2. The quantitative estimate of drug-likeness (QED) is 0.603. The molecular weight excluding hydrogens is 366 g/mol. The molecule has 0 aliphatic carbocycles. The molecule has 1 aliphatic rings. The van der Waals surface area contributed by atoms with Crippen LogP contribution in [0.3, 0.4) is 0 Å². The van der Waals surface area contributed by atoms with Gasteiger partial charge >= 0.3 is 0 Å². The van der Waals surface area contributed by atoms with Gasteiger partial charge in [0.05, 0.1) is 5.71 Å². The van der Waals surface area contributed by atoms with Crippen molar-refractivity contribution in [2.24, 2.45) is 5.10 Å². The summed E-state index contributed by atoms with van der Waals surface area (Å²) in [5.74, 6) is 0.418. The molecule has 0 spiro atoms. The van der Waals surface area contributed by atoms with Crippen LogP contribution in [0.5, 0.6) is 5.75 Å². The number of nitrogens with zero attached hydrogens (tertiary/aromatic N) is 2. The van der Waals surface area contributed by atoms with Crippen LogP contribution < -0.4 is 10.2 Å². The highest BCUT2D eigenvalue weighted by Crippen LogP contribution is 2.14. The zero-order chi connectivity index (χ0) is 20.6. The first-order valence-electron chi connectivity index (χ1n) is 9.95. The summed E-state index contributed by atoms with van der Waals surface area (Å²) >= 11 is 0. The van der Waals surface area contributed by atoms with E-state index in [0.717, 1.165) is 37.1 Å². The first-order chi connectivity index (χ1) is 14.0. The van der Waals surface area contributed by atoms with Crippen LogP contribution in [0.4, 0.5) is 0 Å². The molecule has 152 valence electrons. The van der Waals surface area contributed by atoms with Crippen LogP contribution in [0.1, 0.15) is 47.7 Å². The Bertz CT molecular complexity index is 867. The normalized spacial score (nSPS) is 14.4. The SMILES string of the molecule is C/C(=N/NC(=O)c1ccc(C)cc1)c1ccc(OCC(=O)N2CCCCC2)cc1. The minimum atomic E-state index is -0.250. The predicted octanol–water partition coefficient (Wildman–Crippen LogP) is 3.54. The number of nitrogens with one attached hydrogen (secondary N) is 1. The van der Waals surface area contributed by atoms with E-state index in [0.29, 0.717) is 17.0 Å². The van der Waals surface area contributed by atoms with Crippen LogP contribution in [-0.4, -0.2) is 42.1 Å². The summed E-state index contributed by atoms with van der Waals surface area (Å²) in [5.41, 5.74) is 5.78. The van der Waals surface area contributed by atoms with Gasteiger partial charge in [0.1, 0.15) is 5.75 Å². The summed E-state index contributed by atoms with van der Waals surface area (Å²) in [6.07, 6.45) is 3.33. The van der Waals surface area contributed by atoms with Crippen molar-refractivity contribution in [3.63, 3.8) is 0 Å². The standard InChI is InChI=1S/C23H27N3O3/c1-17-6-8-20(9-7-17)23(28)25-24-18(2)19-10-12-21(13-11-19)29-16-22(27)26-14-4-3-5-15-26/h6-13H,3-5,14-16H2,1-2H3,(H,25,28)/b24-18-. The maximum Gasteiger partial charge on any atom is 0.271 e. The summed E-state index contributed by atoms with van der Waals surface area (Å²) < 4.78 is 5.62. The van der Waals surface area contributed by atoms with Gasteiger partial charge in [0.25, 0.3) is 11.8 Å². The Morgan fingerprint density at radius 3 is 2.24 bits per heavy atom. The number of hydrazone groups is 1. The summed E-state index contributed by atoms with van der Waals surface area (Å²) in [5, 5.41) is 4.17. The minimum Gasteiger partial charge on any atom is -0.484 e. The molecule has 1 fully saturated rings. The fourth-order valence-electron chi connectivity index (χ4n) is 3.14. The molecule has 2 amide bonds. The Labute approximate surface area is 171 Å². The molecule has 0 unspecified atom stereocenters. The molecule has 0 bridgehead atoms. The zero-order valence-electron chi connectivity index (χ0n) is 17.0. The Morgan fingerprint density at radius 1 is 0.966 bits per heavy atom. The molecular formula is C23H27N3O3. The van der Waals surface area contributed by atoms with Gasteiger partial charge in [-0.2, -0.15) is 5.10 Å². The van der Waals surface area contributed by atoms with Gasteiger partial charge in [-0.3, -0.25) is 9.59 Å². The number of likely N-dealkylation sites (tertiary alicyclic amines) is 1. The van der Waals surface area contributed by atoms with E-state index in [9.17, 15) is 9.59 Å². The van der Waals surface area contributed by atoms with Crippen LogP contribution in [0.2, 0.25) is 0 Å². The highest BCUT2D eigenvalue weighted by Gasteiger charge is 2.16. The number of hydrogen-bond donors (Lipinski definition) is 1. The van der Waals surface area contributed by atoms with E-state index >= 15 is 0 Å². The molecule has 2 aromatic carbocycles. The van der Waals surface area contributed by atoms with E-state index in [-0.39, 0.29) is 18.4 Å². The van der Waals surface area contributed by atoms with Gasteiger partial charge < -0.3 is 9.64 Å². The Morgan fingerprint density at radius 2 is 1.59 bits per heavy atom. The third kappa shape index (κ3) is 5.91. The molecule has 2 aromatic rings. The largest absolute Gasteiger partial charge is 0.484 e. The van der Waals surface area contributed by atoms with Crippen LogP contribution in [-0.2, 0) is 4.79 Å². The van der Waals surface area contributed by atoms with E-state index in [1.54, 1.807) is 24.3 Å². The lowest BCUT2D eigenvalue weighted by atomic mass is 10.1. The van der Waals surface area contributed by atoms with Crippen LogP contribution >= 0.6 is 0 Å². The number of carbonyl (C=O) groups excluding carboxylic acids is 2. The maximum absolute atomic E-state index is 12.2. The lowest BCUT2D eigenvalue weighted by Crippen LogP contribution is -2.38. The second kappa shape index (κ2) is 9.87. The number of aryl methyl sites for hydroxylation is 1.